The van der Waals surface area contributed by atoms with Crippen molar-refractivity contribution >= 4 is 22.5 Å². The molecule has 2 heterocycles. The molecule has 0 atom stereocenters. The van der Waals surface area contributed by atoms with Crippen LogP contribution in [0.4, 0.5) is 0 Å². The number of halogens is 1. The third kappa shape index (κ3) is 3.14. The lowest BCUT2D eigenvalue weighted by Gasteiger charge is -2.08. The van der Waals surface area contributed by atoms with E-state index in [2.05, 4.69) is 16.9 Å². The molecule has 0 bridgehead atoms. The topological polar surface area (TPSA) is 35.0 Å². The average Bonchev–Trinajstić information content (AvgIpc) is 2.54. The zero-order valence-electron chi connectivity index (χ0n) is 11.7. The molecule has 1 aromatic carbocycles. The Morgan fingerprint density at radius 3 is 2.81 bits per heavy atom. The molecule has 0 aliphatic carbocycles. The second-order valence-electron chi connectivity index (χ2n) is 4.76. The minimum atomic E-state index is 0.446. The SMILES string of the molecule is CCc1cc(CCl)cc(Oc2cnc3ccccc3c2)n1. The molecule has 0 N–H and O–H groups in total. The van der Waals surface area contributed by atoms with E-state index in [4.69, 9.17) is 16.3 Å². The molecule has 0 saturated heterocycles. The van der Waals surface area contributed by atoms with Crippen molar-refractivity contribution in [3.8, 4) is 11.6 Å². The zero-order valence-corrected chi connectivity index (χ0v) is 12.5. The van der Waals surface area contributed by atoms with Crippen molar-refractivity contribution in [2.75, 3.05) is 0 Å². The number of para-hydroxylation sites is 1. The summed E-state index contributed by atoms with van der Waals surface area (Å²) in [6, 6.07) is 13.8. The van der Waals surface area contributed by atoms with E-state index >= 15 is 0 Å². The number of benzene rings is 1. The molecule has 0 unspecified atom stereocenters. The number of ether oxygens (including phenoxy) is 1. The molecule has 0 aliphatic heterocycles. The molecule has 3 nitrogen and oxygen atoms in total. The molecule has 3 aromatic rings. The van der Waals surface area contributed by atoms with Crippen LogP contribution in [0.1, 0.15) is 18.2 Å². The normalized spacial score (nSPS) is 10.8. The number of fused-ring (bicyclic) bond motifs is 1. The van der Waals surface area contributed by atoms with Gasteiger partial charge in [-0.25, -0.2) is 4.98 Å². The molecule has 21 heavy (non-hydrogen) atoms. The minimum Gasteiger partial charge on any atom is -0.437 e. The second kappa shape index (κ2) is 6.10. The summed E-state index contributed by atoms with van der Waals surface area (Å²) in [6.45, 7) is 2.06. The van der Waals surface area contributed by atoms with Gasteiger partial charge in [-0.3, -0.25) is 4.98 Å². The number of rotatable bonds is 4. The summed E-state index contributed by atoms with van der Waals surface area (Å²) < 4.78 is 5.84. The molecule has 4 heteroatoms. The fourth-order valence-electron chi connectivity index (χ4n) is 2.16. The first kappa shape index (κ1) is 13.8. The van der Waals surface area contributed by atoms with Crippen LogP contribution in [-0.4, -0.2) is 9.97 Å². The first-order chi connectivity index (χ1) is 10.3. The first-order valence-electron chi connectivity index (χ1n) is 6.87. The highest BCUT2D eigenvalue weighted by molar-refractivity contribution is 6.17. The van der Waals surface area contributed by atoms with Crippen molar-refractivity contribution in [1.82, 2.24) is 9.97 Å². The number of pyridine rings is 2. The largest absolute Gasteiger partial charge is 0.437 e. The predicted molar refractivity (Wildman–Crippen MR) is 85.0 cm³/mol. The number of nitrogens with zero attached hydrogens (tertiary/aromatic N) is 2. The van der Waals surface area contributed by atoms with Crippen LogP contribution in [0.3, 0.4) is 0 Å². The molecule has 0 fully saturated rings. The third-order valence-electron chi connectivity index (χ3n) is 3.22. The summed E-state index contributed by atoms with van der Waals surface area (Å²) in [5.74, 6) is 1.68. The van der Waals surface area contributed by atoms with Crippen molar-refractivity contribution in [2.24, 2.45) is 0 Å². The fourth-order valence-corrected chi connectivity index (χ4v) is 2.31. The van der Waals surface area contributed by atoms with Gasteiger partial charge in [0.25, 0.3) is 0 Å². The van der Waals surface area contributed by atoms with Crippen LogP contribution in [0.15, 0.2) is 48.7 Å². The van der Waals surface area contributed by atoms with Crippen LogP contribution >= 0.6 is 11.6 Å². The summed E-state index contributed by atoms with van der Waals surface area (Å²) in [6.07, 6.45) is 2.56. The maximum atomic E-state index is 5.91. The van der Waals surface area contributed by atoms with Crippen molar-refractivity contribution < 1.29 is 4.74 Å². The van der Waals surface area contributed by atoms with E-state index in [9.17, 15) is 0 Å². The quantitative estimate of drug-likeness (QED) is 0.654. The maximum Gasteiger partial charge on any atom is 0.219 e. The summed E-state index contributed by atoms with van der Waals surface area (Å²) in [7, 11) is 0. The number of hydrogen-bond donors (Lipinski definition) is 0. The Hall–Kier alpha value is -2.13. The lowest BCUT2D eigenvalue weighted by molar-refractivity contribution is 0.459. The standard InChI is InChI=1S/C17H15ClN2O/c1-2-14-7-12(10-18)8-17(20-14)21-15-9-13-5-3-4-6-16(13)19-11-15/h3-9,11H,2,10H2,1H3. The van der Waals surface area contributed by atoms with Crippen LogP contribution in [0.5, 0.6) is 11.6 Å². The van der Waals surface area contributed by atoms with Crippen LogP contribution < -0.4 is 4.74 Å². The lowest BCUT2D eigenvalue weighted by Crippen LogP contribution is -1.95. The molecule has 3 rings (SSSR count). The van der Waals surface area contributed by atoms with Gasteiger partial charge in [-0.15, -0.1) is 11.6 Å². The van der Waals surface area contributed by atoms with Gasteiger partial charge in [0.15, 0.2) is 0 Å². The highest BCUT2D eigenvalue weighted by Crippen LogP contribution is 2.24. The third-order valence-corrected chi connectivity index (χ3v) is 3.53. The lowest BCUT2D eigenvalue weighted by atomic mass is 10.2. The zero-order chi connectivity index (χ0) is 14.7. The van der Waals surface area contributed by atoms with Gasteiger partial charge in [0.05, 0.1) is 11.7 Å². The van der Waals surface area contributed by atoms with Gasteiger partial charge in [0.1, 0.15) is 5.75 Å². The van der Waals surface area contributed by atoms with Crippen molar-refractivity contribution in [2.45, 2.75) is 19.2 Å². The summed E-state index contributed by atoms with van der Waals surface area (Å²) >= 11 is 5.91. The Bertz CT molecular complexity index is 751. The van der Waals surface area contributed by atoms with E-state index in [1.807, 2.05) is 42.5 Å². The highest BCUT2D eigenvalue weighted by Gasteiger charge is 2.05. The molecule has 0 spiro atoms. The van der Waals surface area contributed by atoms with E-state index < -0.39 is 0 Å². The van der Waals surface area contributed by atoms with Crippen LogP contribution in [-0.2, 0) is 12.3 Å². The van der Waals surface area contributed by atoms with E-state index in [-0.39, 0.29) is 0 Å². The van der Waals surface area contributed by atoms with Gasteiger partial charge < -0.3 is 4.74 Å². The summed E-state index contributed by atoms with van der Waals surface area (Å²) in [5.41, 5.74) is 2.92. The monoisotopic (exact) mass is 298 g/mol. The molecule has 2 aromatic heterocycles. The molecule has 0 amide bonds. The molecule has 0 aliphatic rings. The molecule has 0 radical (unpaired) electrons. The number of alkyl halides is 1. The van der Waals surface area contributed by atoms with Crippen molar-refractivity contribution in [3.05, 3.63) is 59.9 Å². The van der Waals surface area contributed by atoms with Gasteiger partial charge in [0, 0.05) is 23.0 Å². The molecular formula is C17H15ClN2O. The van der Waals surface area contributed by atoms with Crippen LogP contribution in [0.2, 0.25) is 0 Å². The summed E-state index contributed by atoms with van der Waals surface area (Å²) in [5, 5.41) is 1.04. The molecule has 106 valence electrons. The van der Waals surface area contributed by atoms with Crippen LogP contribution in [0, 0.1) is 0 Å². The number of hydrogen-bond acceptors (Lipinski definition) is 3. The van der Waals surface area contributed by atoms with Crippen LogP contribution in [0.25, 0.3) is 10.9 Å². The summed E-state index contributed by atoms with van der Waals surface area (Å²) in [4.78, 5) is 8.85. The van der Waals surface area contributed by atoms with E-state index in [1.54, 1.807) is 6.20 Å². The van der Waals surface area contributed by atoms with E-state index in [0.717, 1.165) is 28.6 Å². The van der Waals surface area contributed by atoms with Crippen molar-refractivity contribution in [3.63, 3.8) is 0 Å². The average molecular weight is 299 g/mol. The van der Waals surface area contributed by atoms with Gasteiger partial charge in [-0.2, -0.15) is 0 Å². The molecule has 0 saturated carbocycles. The highest BCUT2D eigenvalue weighted by atomic mass is 35.5. The Morgan fingerprint density at radius 1 is 1.14 bits per heavy atom. The second-order valence-corrected chi connectivity index (χ2v) is 5.03. The predicted octanol–water partition coefficient (Wildman–Crippen LogP) is 4.72. The van der Waals surface area contributed by atoms with Gasteiger partial charge in [-0.05, 0) is 30.2 Å². The number of aromatic nitrogens is 2. The molecular weight excluding hydrogens is 284 g/mol. The van der Waals surface area contributed by atoms with Gasteiger partial charge in [0.2, 0.25) is 5.88 Å². The maximum absolute atomic E-state index is 5.91. The first-order valence-corrected chi connectivity index (χ1v) is 7.40. The van der Waals surface area contributed by atoms with E-state index in [0.29, 0.717) is 17.5 Å². The van der Waals surface area contributed by atoms with E-state index in [1.165, 1.54) is 0 Å². The minimum absolute atomic E-state index is 0.446. The Balaban J connectivity index is 1.94. The Morgan fingerprint density at radius 2 is 2.00 bits per heavy atom. The smallest absolute Gasteiger partial charge is 0.219 e. The van der Waals surface area contributed by atoms with Gasteiger partial charge >= 0.3 is 0 Å². The Labute approximate surface area is 128 Å². The van der Waals surface area contributed by atoms with Gasteiger partial charge in [-0.1, -0.05) is 25.1 Å². The fraction of sp³-hybridized carbons (Fsp3) is 0.176. The number of aryl methyl sites for hydroxylation is 1. The Kier molecular flexibility index (Phi) is 4.02. The van der Waals surface area contributed by atoms with Crippen molar-refractivity contribution in [1.29, 1.82) is 0 Å².